The minimum absolute atomic E-state index is 0.101. The molecule has 3 aromatic heterocycles. The third kappa shape index (κ3) is 6.25. The zero-order valence-electron chi connectivity index (χ0n) is 26.8. The Balaban J connectivity index is 1.34. The fraction of sp³-hybridized carbons (Fsp3) is 0.500. The number of fused-ring (bicyclic) bond motifs is 2. The first kappa shape index (κ1) is 30.6. The molecule has 4 heterocycles. The Hall–Kier alpha value is -4.41. The highest BCUT2D eigenvalue weighted by atomic mass is 16.6. The number of aromatic nitrogens is 4. The molecule has 0 bridgehead atoms. The molecule has 238 valence electrons. The van der Waals surface area contributed by atoms with Gasteiger partial charge in [0.15, 0.2) is 5.82 Å². The van der Waals surface area contributed by atoms with Crippen molar-refractivity contribution < 1.29 is 28.6 Å². The van der Waals surface area contributed by atoms with Gasteiger partial charge in [-0.3, -0.25) is 14.4 Å². The van der Waals surface area contributed by atoms with Crippen LogP contribution in [0, 0.1) is 17.8 Å². The van der Waals surface area contributed by atoms with Crippen LogP contribution in [0.4, 0.5) is 0 Å². The standard InChI is InChI=1S/C34H41N5O6/c1-34(2,3)45-28(40)13-21-12-24(33(42)44-6)19-38(17-21)32(41)23-14-25-29(27(16-23)43-5)37(4)31(36-25)26-15-22-8-7-11-35-30(22)39(26)18-20-9-10-20/h7-8,11,14-16,20-21,24H,9-10,12-13,17-19H2,1-6H3. The Morgan fingerprint density at radius 1 is 1.04 bits per heavy atom. The van der Waals surface area contributed by atoms with Crippen LogP contribution in [0.1, 0.15) is 56.8 Å². The fourth-order valence-electron chi connectivity index (χ4n) is 6.49. The maximum absolute atomic E-state index is 14.0. The molecule has 6 rings (SSSR count). The van der Waals surface area contributed by atoms with Gasteiger partial charge in [0.1, 0.15) is 22.5 Å². The van der Waals surface area contributed by atoms with Crippen LogP contribution in [-0.4, -0.2) is 74.8 Å². The van der Waals surface area contributed by atoms with Crippen LogP contribution in [0.5, 0.6) is 5.75 Å². The second-order valence-electron chi connectivity index (χ2n) is 13.4. The average Bonchev–Trinajstić information content (AvgIpc) is 3.67. The van der Waals surface area contributed by atoms with Gasteiger partial charge in [-0.25, -0.2) is 9.97 Å². The third-order valence-electron chi connectivity index (χ3n) is 8.66. The highest BCUT2D eigenvalue weighted by Gasteiger charge is 2.37. The van der Waals surface area contributed by atoms with Crippen molar-refractivity contribution in [2.24, 2.45) is 24.8 Å². The van der Waals surface area contributed by atoms with Crippen molar-refractivity contribution in [3.8, 4) is 17.3 Å². The molecule has 0 spiro atoms. The number of nitrogens with zero attached hydrogens (tertiary/aromatic N) is 5. The van der Waals surface area contributed by atoms with Crippen LogP contribution in [0.25, 0.3) is 33.6 Å². The third-order valence-corrected chi connectivity index (χ3v) is 8.66. The molecule has 2 aliphatic rings. The normalized spacial score (nSPS) is 18.8. The number of aryl methyl sites for hydroxylation is 1. The summed E-state index contributed by atoms with van der Waals surface area (Å²) < 4.78 is 20.6. The van der Waals surface area contributed by atoms with Gasteiger partial charge >= 0.3 is 11.9 Å². The molecule has 0 N–H and O–H groups in total. The molecule has 1 amide bonds. The fourth-order valence-corrected chi connectivity index (χ4v) is 6.49. The lowest BCUT2D eigenvalue weighted by atomic mass is 9.86. The smallest absolute Gasteiger partial charge is 0.310 e. The van der Waals surface area contributed by atoms with E-state index in [1.54, 1.807) is 24.1 Å². The Morgan fingerprint density at radius 2 is 1.82 bits per heavy atom. The molecule has 1 saturated carbocycles. The summed E-state index contributed by atoms with van der Waals surface area (Å²) >= 11 is 0. The van der Waals surface area contributed by atoms with E-state index in [0.717, 1.165) is 34.6 Å². The Bertz CT molecular complexity index is 1780. The van der Waals surface area contributed by atoms with Gasteiger partial charge < -0.3 is 28.2 Å². The van der Waals surface area contributed by atoms with Crippen molar-refractivity contribution in [1.82, 2.24) is 24.0 Å². The van der Waals surface area contributed by atoms with Gasteiger partial charge in [-0.1, -0.05) is 0 Å². The largest absolute Gasteiger partial charge is 0.494 e. The number of imidazole rings is 1. The van der Waals surface area contributed by atoms with Gasteiger partial charge in [0, 0.05) is 43.8 Å². The lowest BCUT2D eigenvalue weighted by molar-refractivity contribution is -0.158. The number of piperidine rings is 1. The van der Waals surface area contributed by atoms with Crippen LogP contribution in [0.15, 0.2) is 36.5 Å². The summed E-state index contributed by atoms with van der Waals surface area (Å²) in [4.78, 5) is 50.7. The summed E-state index contributed by atoms with van der Waals surface area (Å²) in [6, 6.07) is 9.62. The molecule has 2 atom stereocenters. The van der Waals surface area contributed by atoms with Crippen molar-refractivity contribution >= 4 is 39.9 Å². The zero-order valence-corrected chi connectivity index (χ0v) is 26.8. The summed E-state index contributed by atoms with van der Waals surface area (Å²) in [5.74, 6) is 0.0816. The SMILES string of the molecule is COC(=O)C1CC(CC(=O)OC(C)(C)C)CN(C(=O)c2cc(OC)c3c(c2)nc(-c2cc4cccnc4n2CC2CC2)n3C)C1. The van der Waals surface area contributed by atoms with Crippen molar-refractivity contribution in [3.05, 3.63) is 42.1 Å². The number of rotatable bonds is 8. The van der Waals surface area contributed by atoms with E-state index in [-0.39, 0.29) is 30.8 Å². The molecular formula is C34H41N5O6. The number of amides is 1. The summed E-state index contributed by atoms with van der Waals surface area (Å²) in [5, 5.41) is 1.05. The highest BCUT2D eigenvalue weighted by molar-refractivity contribution is 6.00. The molecule has 11 heteroatoms. The predicted molar refractivity (Wildman–Crippen MR) is 169 cm³/mol. The number of pyridine rings is 1. The number of benzene rings is 1. The molecule has 1 aromatic carbocycles. The van der Waals surface area contributed by atoms with Gasteiger partial charge in [0.25, 0.3) is 5.91 Å². The van der Waals surface area contributed by atoms with E-state index < -0.39 is 17.5 Å². The van der Waals surface area contributed by atoms with Crippen LogP contribution in [0.2, 0.25) is 0 Å². The maximum atomic E-state index is 14.0. The molecule has 4 aromatic rings. The monoisotopic (exact) mass is 615 g/mol. The number of methoxy groups -OCH3 is 2. The van der Waals surface area contributed by atoms with Crippen LogP contribution >= 0.6 is 0 Å². The minimum atomic E-state index is -0.626. The number of carbonyl (C=O) groups excluding carboxylic acids is 3. The lowest BCUT2D eigenvalue weighted by Gasteiger charge is -2.36. The molecule has 1 aliphatic carbocycles. The Kier molecular flexibility index (Phi) is 8.05. The molecule has 2 fully saturated rings. The van der Waals surface area contributed by atoms with E-state index in [0.29, 0.717) is 35.7 Å². The van der Waals surface area contributed by atoms with Gasteiger partial charge in [-0.05, 0) is 82.2 Å². The molecule has 0 radical (unpaired) electrons. The minimum Gasteiger partial charge on any atom is -0.494 e. The number of ether oxygens (including phenoxy) is 3. The van der Waals surface area contributed by atoms with E-state index in [4.69, 9.17) is 19.2 Å². The Morgan fingerprint density at radius 3 is 2.51 bits per heavy atom. The average molecular weight is 616 g/mol. The van der Waals surface area contributed by atoms with Gasteiger partial charge in [-0.15, -0.1) is 0 Å². The first-order valence-corrected chi connectivity index (χ1v) is 15.5. The zero-order chi connectivity index (χ0) is 32.0. The number of hydrogen-bond donors (Lipinski definition) is 0. The quantitative estimate of drug-likeness (QED) is 0.255. The summed E-state index contributed by atoms with van der Waals surface area (Å²) in [6.07, 6.45) is 4.77. The van der Waals surface area contributed by atoms with Crippen molar-refractivity contribution in [3.63, 3.8) is 0 Å². The van der Waals surface area contributed by atoms with E-state index in [9.17, 15) is 14.4 Å². The van der Waals surface area contributed by atoms with Crippen molar-refractivity contribution in [2.45, 2.75) is 58.6 Å². The number of esters is 2. The van der Waals surface area contributed by atoms with Crippen LogP contribution < -0.4 is 4.74 Å². The van der Waals surface area contributed by atoms with E-state index in [1.165, 1.54) is 20.0 Å². The lowest BCUT2D eigenvalue weighted by Crippen LogP contribution is -2.47. The van der Waals surface area contributed by atoms with Crippen LogP contribution in [0.3, 0.4) is 0 Å². The molecule has 45 heavy (non-hydrogen) atoms. The van der Waals surface area contributed by atoms with Crippen LogP contribution in [-0.2, 0) is 32.7 Å². The second kappa shape index (κ2) is 11.8. The number of hydrogen-bond acceptors (Lipinski definition) is 8. The van der Waals surface area contributed by atoms with Gasteiger partial charge in [-0.2, -0.15) is 0 Å². The molecule has 11 nitrogen and oxygen atoms in total. The topological polar surface area (TPSA) is 118 Å². The number of likely N-dealkylation sites (tertiary alicyclic amines) is 1. The van der Waals surface area contributed by atoms with Crippen molar-refractivity contribution in [2.75, 3.05) is 27.3 Å². The first-order valence-electron chi connectivity index (χ1n) is 15.5. The predicted octanol–water partition coefficient (Wildman–Crippen LogP) is 4.99. The molecule has 1 aliphatic heterocycles. The summed E-state index contributed by atoms with van der Waals surface area (Å²) in [5.41, 5.74) is 3.06. The highest BCUT2D eigenvalue weighted by Crippen LogP contribution is 2.38. The Labute approximate surface area is 262 Å². The first-order chi connectivity index (χ1) is 21.5. The van der Waals surface area contributed by atoms with Crippen molar-refractivity contribution in [1.29, 1.82) is 0 Å². The van der Waals surface area contributed by atoms with Gasteiger partial charge in [0.2, 0.25) is 0 Å². The number of carbonyl (C=O) groups is 3. The summed E-state index contributed by atoms with van der Waals surface area (Å²) in [7, 11) is 4.87. The summed E-state index contributed by atoms with van der Waals surface area (Å²) in [6.45, 7) is 6.83. The molecule has 1 saturated heterocycles. The maximum Gasteiger partial charge on any atom is 0.310 e. The molecular weight excluding hydrogens is 574 g/mol. The van der Waals surface area contributed by atoms with Gasteiger partial charge in [0.05, 0.1) is 37.8 Å². The van der Waals surface area contributed by atoms with E-state index in [1.807, 2.05) is 44.6 Å². The molecule has 2 unspecified atom stereocenters. The second-order valence-corrected chi connectivity index (χ2v) is 13.4. The van der Waals surface area contributed by atoms with E-state index >= 15 is 0 Å². The van der Waals surface area contributed by atoms with E-state index in [2.05, 4.69) is 21.7 Å².